The van der Waals surface area contributed by atoms with Crippen molar-refractivity contribution in [3.8, 4) is 5.75 Å². The highest BCUT2D eigenvalue weighted by Crippen LogP contribution is 2.32. The molecule has 2 amide bonds. The van der Waals surface area contributed by atoms with E-state index in [0.29, 0.717) is 18.0 Å². The fourth-order valence-corrected chi connectivity index (χ4v) is 4.64. The van der Waals surface area contributed by atoms with Gasteiger partial charge in [0.15, 0.2) is 0 Å². The van der Waals surface area contributed by atoms with Crippen LogP contribution >= 0.6 is 0 Å². The number of likely N-dealkylation sites (tertiary alicyclic amines) is 1. The molecule has 0 radical (unpaired) electrons. The first-order valence-corrected chi connectivity index (χ1v) is 11.4. The molecule has 7 heteroatoms. The lowest BCUT2D eigenvalue weighted by atomic mass is 9.98. The highest BCUT2D eigenvalue weighted by Gasteiger charge is 2.26. The Kier molecular flexibility index (Phi) is 6.95. The summed E-state index contributed by atoms with van der Waals surface area (Å²) in [7, 11) is 3.68. The van der Waals surface area contributed by atoms with E-state index >= 15 is 0 Å². The molecule has 1 saturated heterocycles. The number of piperidine rings is 1. The Balaban J connectivity index is 1.44. The number of carbonyl (C=O) groups is 2. The average Bonchev–Trinajstić information content (AvgIpc) is 3.20. The summed E-state index contributed by atoms with van der Waals surface area (Å²) < 4.78 is 5.17. The Morgan fingerprint density at radius 1 is 1.03 bits per heavy atom. The van der Waals surface area contributed by atoms with Crippen LogP contribution in [0.2, 0.25) is 0 Å². The number of ether oxygens (including phenoxy) is 1. The zero-order chi connectivity index (χ0) is 22.5. The summed E-state index contributed by atoms with van der Waals surface area (Å²) in [6, 6.07) is 13.7. The molecular weight excluding hydrogens is 404 g/mol. The molecule has 2 aromatic rings. The third-order valence-corrected chi connectivity index (χ3v) is 6.44. The highest BCUT2D eigenvalue weighted by molar-refractivity contribution is 6.39. The van der Waals surface area contributed by atoms with Crippen LogP contribution in [0.3, 0.4) is 0 Å². The van der Waals surface area contributed by atoms with Crippen LogP contribution in [-0.2, 0) is 16.0 Å². The van der Waals surface area contributed by atoms with Crippen molar-refractivity contribution in [2.45, 2.75) is 31.7 Å². The number of hydrogen-bond acceptors (Lipinski definition) is 5. The van der Waals surface area contributed by atoms with Gasteiger partial charge in [0, 0.05) is 37.6 Å². The van der Waals surface area contributed by atoms with Gasteiger partial charge in [0.25, 0.3) is 0 Å². The van der Waals surface area contributed by atoms with Gasteiger partial charge in [0.2, 0.25) is 0 Å². The summed E-state index contributed by atoms with van der Waals surface area (Å²) >= 11 is 0. The van der Waals surface area contributed by atoms with Crippen LogP contribution in [0.25, 0.3) is 0 Å². The zero-order valence-electron chi connectivity index (χ0n) is 18.9. The molecule has 2 heterocycles. The number of nitrogens with one attached hydrogen (secondary N) is 2. The SMILES string of the molecule is COc1cccc(NC(=O)C(=O)NCC(c2ccc3c(c2)CCN3C)N2CCCCC2)c1. The van der Waals surface area contributed by atoms with Gasteiger partial charge >= 0.3 is 11.8 Å². The van der Waals surface area contributed by atoms with Crippen LogP contribution < -0.4 is 20.3 Å². The van der Waals surface area contributed by atoms with Gasteiger partial charge in [-0.1, -0.05) is 24.6 Å². The Morgan fingerprint density at radius 2 is 1.84 bits per heavy atom. The van der Waals surface area contributed by atoms with Crippen molar-refractivity contribution >= 4 is 23.2 Å². The summed E-state index contributed by atoms with van der Waals surface area (Å²) in [5, 5.41) is 5.52. The second-order valence-corrected chi connectivity index (χ2v) is 8.57. The van der Waals surface area contributed by atoms with Gasteiger partial charge in [-0.2, -0.15) is 0 Å². The fraction of sp³-hybridized carbons (Fsp3) is 0.440. The Morgan fingerprint density at radius 3 is 2.62 bits per heavy atom. The maximum atomic E-state index is 12.6. The molecule has 2 aromatic carbocycles. The first kappa shape index (κ1) is 22.1. The highest BCUT2D eigenvalue weighted by atomic mass is 16.5. The van der Waals surface area contributed by atoms with Crippen LogP contribution in [0.1, 0.15) is 36.4 Å². The monoisotopic (exact) mass is 436 g/mol. The van der Waals surface area contributed by atoms with Crippen molar-refractivity contribution in [1.29, 1.82) is 0 Å². The van der Waals surface area contributed by atoms with Crippen LogP contribution in [0.4, 0.5) is 11.4 Å². The van der Waals surface area contributed by atoms with E-state index < -0.39 is 11.8 Å². The van der Waals surface area contributed by atoms with Crippen molar-refractivity contribution in [1.82, 2.24) is 10.2 Å². The first-order valence-electron chi connectivity index (χ1n) is 11.4. The number of amides is 2. The number of likely N-dealkylation sites (N-methyl/N-ethyl adjacent to an activating group) is 1. The van der Waals surface area contributed by atoms with E-state index in [-0.39, 0.29) is 6.04 Å². The van der Waals surface area contributed by atoms with E-state index in [1.165, 1.54) is 23.2 Å². The summed E-state index contributed by atoms with van der Waals surface area (Å²) in [6.45, 7) is 3.45. The molecule has 170 valence electrons. The molecule has 2 aliphatic rings. The molecule has 0 aliphatic carbocycles. The number of nitrogens with zero attached hydrogens (tertiary/aromatic N) is 2. The van der Waals surface area contributed by atoms with Crippen molar-refractivity contribution < 1.29 is 14.3 Å². The summed E-state index contributed by atoms with van der Waals surface area (Å²) in [5.74, 6) is -0.683. The quantitative estimate of drug-likeness (QED) is 0.681. The third-order valence-electron chi connectivity index (χ3n) is 6.44. The Hall–Kier alpha value is -3.06. The Bertz CT molecular complexity index is 971. The van der Waals surface area contributed by atoms with E-state index in [1.807, 2.05) is 0 Å². The molecule has 0 spiro atoms. The number of anilines is 2. The number of carbonyl (C=O) groups excluding carboxylic acids is 2. The van der Waals surface area contributed by atoms with Crippen LogP contribution in [0.5, 0.6) is 5.75 Å². The van der Waals surface area contributed by atoms with Crippen molar-refractivity contribution in [2.75, 3.05) is 50.6 Å². The van der Waals surface area contributed by atoms with Crippen molar-refractivity contribution in [3.63, 3.8) is 0 Å². The average molecular weight is 437 g/mol. The van der Waals surface area contributed by atoms with E-state index in [0.717, 1.165) is 38.9 Å². The molecule has 2 N–H and O–H groups in total. The maximum absolute atomic E-state index is 12.6. The smallest absolute Gasteiger partial charge is 0.313 e. The van der Waals surface area contributed by atoms with E-state index in [2.05, 4.69) is 45.7 Å². The molecule has 1 atom stereocenters. The van der Waals surface area contributed by atoms with Gasteiger partial charge in [-0.3, -0.25) is 14.5 Å². The van der Waals surface area contributed by atoms with Gasteiger partial charge in [-0.25, -0.2) is 0 Å². The standard InChI is InChI=1S/C25H32N4O3/c1-28-14-11-19-15-18(9-10-22(19)28)23(29-12-4-3-5-13-29)17-26-24(30)25(31)27-20-7-6-8-21(16-20)32-2/h6-10,15-16,23H,3-5,11-14,17H2,1-2H3,(H,26,30)(H,27,31). The summed E-state index contributed by atoms with van der Waals surface area (Å²) in [4.78, 5) is 29.7. The first-order chi connectivity index (χ1) is 15.5. The molecule has 0 saturated carbocycles. The minimum absolute atomic E-state index is 0.0556. The molecular formula is C25H32N4O3. The third kappa shape index (κ3) is 5.05. The number of hydrogen-bond donors (Lipinski definition) is 2. The Labute approximate surface area is 189 Å². The number of methoxy groups -OCH3 is 1. The number of rotatable bonds is 6. The lowest BCUT2D eigenvalue weighted by Gasteiger charge is -2.35. The predicted molar refractivity (Wildman–Crippen MR) is 126 cm³/mol. The van der Waals surface area contributed by atoms with Gasteiger partial charge in [0.1, 0.15) is 5.75 Å². The topological polar surface area (TPSA) is 73.9 Å². The van der Waals surface area contributed by atoms with E-state index in [1.54, 1.807) is 31.4 Å². The molecule has 1 fully saturated rings. The largest absolute Gasteiger partial charge is 0.497 e. The fourth-order valence-electron chi connectivity index (χ4n) is 4.64. The number of benzene rings is 2. The van der Waals surface area contributed by atoms with Crippen molar-refractivity contribution in [3.05, 3.63) is 53.6 Å². The second kappa shape index (κ2) is 10.0. The van der Waals surface area contributed by atoms with E-state index in [9.17, 15) is 9.59 Å². The number of fused-ring (bicyclic) bond motifs is 1. The van der Waals surface area contributed by atoms with Gasteiger partial charge in [-0.05, 0) is 61.7 Å². The second-order valence-electron chi connectivity index (χ2n) is 8.57. The van der Waals surface area contributed by atoms with Gasteiger partial charge in [0.05, 0.1) is 13.2 Å². The minimum atomic E-state index is -0.675. The summed E-state index contributed by atoms with van der Waals surface area (Å²) in [5.41, 5.74) is 4.37. The van der Waals surface area contributed by atoms with Crippen LogP contribution in [-0.4, -0.2) is 57.1 Å². The molecule has 0 bridgehead atoms. The van der Waals surface area contributed by atoms with Gasteiger partial charge in [-0.15, -0.1) is 0 Å². The molecule has 32 heavy (non-hydrogen) atoms. The van der Waals surface area contributed by atoms with Crippen molar-refractivity contribution in [2.24, 2.45) is 0 Å². The van der Waals surface area contributed by atoms with E-state index in [4.69, 9.17) is 4.74 Å². The zero-order valence-corrected chi connectivity index (χ0v) is 18.9. The molecule has 7 nitrogen and oxygen atoms in total. The van der Waals surface area contributed by atoms with Crippen LogP contribution in [0.15, 0.2) is 42.5 Å². The molecule has 2 aliphatic heterocycles. The predicted octanol–water partition coefficient (Wildman–Crippen LogP) is 2.97. The molecule has 1 unspecified atom stereocenters. The summed E-state index contributed by atoms with van der Waals surface area (Å²) in [6.07, 6.45) is 4.61. The van der Waals surface area contributed by atoms with Crippen LogP contribution in [0, 0.1) is 0 Å². The minimum Gasteiger partial charge on any atom is -0.497 e. The normalized spacial score (nSPS) is 16.9. The maximum Gasteiger partial charge on any atom is 0.313 e. The lowest BCUT2D eigenvalue weighted by molar-refractivity contribution is -0.136. The molecule has 4 rings (SSSR count). The lowest BCUT2D eigenvalue weighted by Crippen LogP contribution is -2.43. The van der Waals surface area contributed by atoms with Gasteiger partial charge < -0.3 is 20.3 Å². The molecule has 0 aromatic heterocycles.